The summed E-state index contributed by atoms with van der Waals surface area (Å²) in [5, 5.41) is 0. The molecule has 0 aliphatic carbocycles. The van der Waals surface area contributed by atoms with Crippen molar-refractivity contribution in [2.24, 2.45) is 0 Å². The fourth-order valence-corrected chi connectivity index (χ4v) is 1.87. The van der Waals surface area contributed by atoms with Gasteiger partial charge in [-0.15, -0.1) is 0 Å². The Hall–Kier alpha value is -1.35. The van der Waals surface area contributed by atoms with Gasteiger partial charge in [-0.05, 0) is 37.1 Å². The zero-order chi connectivity index (χ0) is 11.2. The number of nitrogens with zero attached hydrogens (tertiary/aromatic N) is 1. The van der Waals surface area contributed by atoms with E-state index in [9.17, 15) is 4.79 Å². The molecule has 2 rings (SSSR count). The van der Waals surface area contributed by atoms with Gasteiger partial charge in [0.2, 0.25) is 6.29 Å². The van der Waals surface area contributed by atoms with Crippen LogP contribution in [-0.4, -0.2) is 31.0 Å². The standard InChI is InChI=1S/C13H16NO2/c15-10-12-4-6-13(7-5-12)16-11-14-8-2-1-3-9-14/h4-7H,1-3,8-9,11H2. The number of rotatable bonds is 4. The average Bonchev–Trinajstić information content (AvgIpc) is 2.38. The molecule has 1 aromatic rings. The molecule has 0 N–H and O–H groups in total. The molecule has 0 bridgehead atoms. The minimum absolute atomic E-state index is 0.560. The molecule has 16 heavy (non-hydrogen) atoms. The van der Waals surface area contributed by atoms with Gasteiger partial charge in [0.15, 0.2) is 0 Å². The van der Waals surface area contributed by atoms with Crippen LogP contribution in [0.5, 0.6) is 5.75 Å². The van der Waals surface area contributed by atoms with Crippen LogP contribution in [0.25, 0.3) is 0 Å². The van der Waals surface area contributed by atoms with E-state index in [1.807, 2.05) is 18.4 Å². The lowest BCUT2D eigenvalue weighted by Crippen LogP contribution is -2.33. The SMILES string of the molecule is O=[C]c1ccc(OCN2CCCCC2)cc1. The Kier molecular flexibility index (Phi) is 3.94. The predicted molar refractivity (Wildman–Crippen MR) is 62.2 cm³/mol. The van der Waals surface area contributed by atoms with Gasteiger partial charge in [0, 0.05) is 18.7 Å². The van der Waals surface area contributed by atoms with Gasteiger partial charge in [-0.1, -0.05) is 6.42 Å². The van der Waals surface area contributed by atoms with Crippen molar-refractivity contribution in [3.8, 4) is 5.75 Å². The van der Waals surface area contributed by atoms with Crippen LogP contribution in [0.1, 0.15) is 24.8 Å². The lowest BCUT2D eigenvalue weighted by atomic mass is 10.1. The third kappa shape index (κ3) is 3.07. The van der Waals surface area contributed by atoms with Gasteiger partial charge in [0.1, 0.15) is 12.5 Å². The number of hydrogen-bond donors (Lipinski definition) is 0. The van der Waals surface area contributed by atoms with Crippen LogP contribution in [0.15, 0.2) is 24.3 Å². The molecular formula is C13H16NO2. The highest BCUT2D eigenvalue weighted by Crippen LogP contribution is 2.13. The van der Waals surface area contributed by atoms with E-state index < -0.39 is 0 Å². The van der Waals surface area contributed by atoms with Crippen molar-refractivity contribution >= 4 is 6.29 Å². The Morgan fingerprint density at radius 2 is 1.81 bits per heavy atom. The van der Waals surface area contributed by atoms with Crippen LogP contribution in [0.2, 0.25) is 0 Å². The van der Waals surface area contributed by atoms with Crippen LogP contribution >= 0.6 is 0 Å². The van der Waals surface area contributed by atoms with Gasteiger partial charge in [-0.3, -0.25) is 9.69 Å². The molecule has 1 aliphatic heterocycles. The monoisotopic (exact) mass is 218 g/mol. The summed E-state index contributed by atoms with van der Waals surface area (Å²) in [6, 6.07) is 7.06. The molecule has 1 aromatic carbocycles. The molecule has 85 valence electrons. The van der Waals surface area contributed by atoms with Crippen LogP contribution < -0.4 is 4.74 Å². The predicted octanol–water partition coefficient (Wildman–Crippen LogP) is 1.97. The maximum absolute atomic E-state index is 10.3. The molecule has 3 heteroatoms. The second-order valence-electron chi connectivity index (χ2n) is 4.08. The topological polar surface area (TPSA) is 29.5 Å². The van der Waals surface area contributed by atoms with Crippen molar-refractivity contribution in [3.63, 3.8) is 0 Å². The second kappa shape index (κ2) is 5.66. The Morgan fingerprint density at radius 1 is 1.12 bits per heavy atom. The van der Waals surface area contributed by atoms with E-state index in [1.54, 1.807) is 12.1 Å². The van der Waals surface area contributed by atoms with E-state index in [0.29, 0.717) is 12.3 Å². The molecule has 0 amide bonds. The van der Waals surface area contributed by atoms with Gasteiger partial charge >= 0.3 is 0 Å². The first-order chi connectivity index (χ1) is 7.88. The van der Waals surface area contributed by atoms with E-state index >= 15 is 0 Å². The molecule has 1 aliphatic rings. The zero-order valence-electron chi connectivity index (χ0n) is 9.32. The third-order valence-electron chi connectivity index (χ3n) is 2.83. The summed E-state index contributed by atoms with van der Waals surface area (Å²) in [5.41, 5.74) is 0.560. The molecule has 0 unspecified atom stereocenters. The third-order valence-corrected chi connectivity index (χ3v) is 2.83. The van der Waals surface area contributed by atoms with E-state index in [0.717, 1.165) is 18.8 Å². The minimum atomic E-state index is 0.560. The number of hydrogen-bond acceptors (Lipinski definition) is 3. The number of benzene rings is 1. The van der Waals surface area contributed by atoms with Crippen LogP contribution in [0.4, 0.5) is 0 Å². The molecule has 3 nitrogen and oxygen atoms in total. The highest BCUT2D eigenvalue weighted by molar-refractivity contribution is 5.75. The fraction of sp³-hybridized carbons (Fsp3) is 0.462. The molecule has 0 spiro atoms. The number of ether oxygens (including phenoxy) is 1. The molecule has 1 heterocycles. The molecule has 1 saturated heterocycles. The summed E-state index contributed by atoms with van der Waals surface area (Å²) in [4.78, 5) is 12.7. The Labute approximate surface area is 96.0 Å². The number of piperidine rings is 1. The fourth-order valence-electron chi connectivity index (χ4n) is 1.87. The summed E-state index contributed by atoms with van der Waals surface area (Å²) in [5.74, 6) is 0.810. The highest BCUT2D eigenvalue weighted by Gasteiger charge is 2.09. The number of likely N-dealkylation sites (tertiary alicyclic amines) is 1. The highest BCUT2D eigenvalue weighted by atomic mass is 16.5. The molecule has 0 aromatic heterocycles. The van der Waals surface area contributed by atoms with Gasteiger partial charge in [0.05, 0.1) is 0 Å². The normalized spacial score (nSPS) is 17.0. The number of carbonyl (C=O) groups excluding carboxylic acids is 1. The first-order valence-electron chi connectivity index (χ1n) is 5.72. The van der Waals surface area contributed by atoms with Gasteiger partial charge < -0.3 is 4.74 Å². The lowest BCUT2D eigenvalue weighted by Gasteiger charge is -2.26. The Morgan fingerprint density at radius 3 is 2.44 bits per heavy atom. The maximum Gasteiger partial charge on any atom is 0.233 e. The van der Waals surface area contributed by atoms with Crippen molar-refractivity contribution in [2.75, 3.05) is 19.8 Å². The van der Waals surface area contributed by atoms with E-state index in [2.05, 4.69) is 4.90 Å². The lowest BCUT2D eigenvalue weighted by molar-refractivity contribution is 0.106. The first kappa shape index (κ1) is 11.1. The maximum atomic E-state index is 10.3. The quantitative estimate of drug-likeness (QED) is 0.773. The summed E-state index contributed by atoms with van der Waals surface area (Å²) >= 11 is 0. The summed E-state index contributed by atoms with van der Waals surface area (Å²) in [6.45, 7) is 2.89. The van der Waals surface area contributed by atoms with Crippen molar-refractivity contribution < 1.29 is 9.53 Å². The molecule has 0 saturated carbocycles. The molecule has 1 radical (unpaired) electrons. The van der Waals surface area contributed by atoms with E-state index in [4.69, 9.17) is 4.74 Å². The molecular weight excluding hydrogens is 202 g/mol. The first-order valence-corrected chi connectivity index (χ1v) is 5.72. The summed E-state index contributed by atoms with van der Waals surface area (Å²) < 4.78 is 5.64. The molecule has 1 fully saturated rings. The smallest absolute Gasteiger partial charge is 0.233 e. The summed E-state index contributed by atoms with van der Waals surface area (Å²) in [7, 11) is 0. The molecule has 0 atom stereocenters. The van der Waals surface area contributed by atoms with Gasteiger partial charge in [0.25, 0.3) is 0 Å². The van der Waals surface area contributed by atoms with Gasteiger partial charge in [-0.25, -0.2) is 0 Å². The van der Waals surface area contributed by atoms with Crippen molar-refractivity contribution in [2.45, 2.75) is 19.3 Å². The average molecular weight is 218 g/mol. The summed E-state index contributed by atoms with van der Waals surface area (Å²) in [6.07, 6.45) is 5.71. The van der Waals surface area contributed by atoms with E-state index in [-0.39, 0.29) is 0 Å². The zero-order valence-corrected chi connectivity index (χ0v) is 9.32. The van der Waals surface area contributed by atoms with Crippen molar-refractivity contribution in [3.05, 3.63) is 29.8 Å². The minimum Gasteiger partial charge on any atom is -0.478 e. The van der Waals surface area contributed by atoms with E-state index in [1.165, 1.54) is 19.3 Å². The van der Waals surface area contributed by atoms with Crippen LogP contribution in [0.3, 0.4) is 0 Å². The largest absolute Gasteiger partial charge is 0.478 e. The Bertz CT molecular complexity index is 328. The van der Waals surface area contributed by atoms with Crippen LogP contribution in [-0.2, 0) is 4.79 Å². The second-order valence-corrected chi connectivity index (χ2v) is 4.08. The van der Waals surface area contributed by atoms with Crippen LogP contribution in [0, 0.1) is 0 Å². The Balaban J connectivity index is 1.81. The van der Waals surface area contributed by atoms with Gasteiger partial charge in [-0.2, -0.15) is 0 Å². The van der Waals surface area contributed by atoms with Crippen molar-refractivity contribution in [1.29, 1.82) is 0 Å². The van der Waals surface area contributed by atoms with Crippen molar-refractivity contribution in [1.82, 2.24) is 4.90 Å².